The van der Waals surface area contributed by atoms with Crippen molar-refractivity contribution in [3.05, 3.63) is 46.6 Å². The van der Waals surface area contributed by atoms with Crippen molar-refractivity contribution < 1.29 is 9.90 Å². The molecule has 0 unspecified atom stereocenters. The van der Waals surface area contributed by atoms with Crippen LogP contribution in [0.3, 0.4) is 0 Å². The van der Waals surface area contributed by atoms with Crippen LogP contribution in [0.4, 0.5) is 5.69 Å². The Morgan fingerprint density at radius 3 is 2.67 bits per heavy atom. The fraction of sp³-hybridized carbons (Fsp3) is 0.278. The third-order valence-electron chi connectivity index (χ3n) is 4.16. The molecule has 2 heterocycles. The van der Waals surface area contributed by atoms with E-state index in [1.54, 1.807) is 12.1 Å². The van der Waals surface area contributed by atoms with E-state index in [0.717, 1.165) is 31.6 Å². The summed E-state index contributed by atoms with van der Waals surface area (Å²) in [6, 6.07) is 8.60. The van der Waals surface area contributed by atoms with Crippen LogP contribution in [-0.2, 0) is 0 Å². The number of hydrogen-bond acceptors (Lipinski definition) is 4. The number of aromatic nitrogens is 1. The summed E-state index contributed by atoms with van der Waals surface area (Å²) in [4.78, 5) is 17.5. The smallest absolute Gasteiger partial charge is 0.335 e. The molecule has 0 aliphatic carbocycles. The fourth-order valence-corrected chi connectivity index (χ4v) is 3.33. The van der Waals surface area contributed by atoms with Crippen LogP contribution in [0, 0.1) is 11.3 Å². The number of pyridine rings is 1. The minimum atomic E-state index is -1.02. The number of rotatable bonds is 3. The van der Waals surface area contributed by atoms with Gasteiger partial charge in [-0.15, -0.1) is 0 Å². The minimum Gasteiger partial charge on any atom is -0.478 e. The van der Waals surface area contributed by atoms with Gasteiger partial charge in [-0.1, -0.05) is 11.6 Å². The van der Waals surface area contributed by atoms with E-state index in [4.69, 9.17) is 16.7 Å². The molecule has 0 saturated carbocycles. The number of nitriles is 1. The highest BCUT2D eigenvalue weighted by molar-refractivity contribution is 6.34. The number of carbonyl (C=O) groups is 1. The van der Waals surface area contributed by atoms with Gasteiger partial charge in [-0.2, -0.15) is 5.26 Å². The molecule has 0 amide bonds. The van der Waals surface area contributed by atoms with Crippen LogP contribution in [0.1, 0.15) is 35.2 Å². The molecule has 1 fully saturated rings. The SMILES string of the molecule is N#Cc1cc(-c2cc(C(=O)O)ccn2)cc(Cl)c1N1CCCCC1. The maximum atomic E-state index is 11.1. The van der Waals surface area contributed by atoms with E-state index in [1.165, 1.54) is 24.8 Å². The van der Waals surface area contributed by atoms with Crippen molar-refractivity contribution in [3.8, 4) is 17.3 Å². The first-order valence-electron chi connectivity index (χ1n) is 7.78. The van der Waals surface area contributed by atoms with Crippen molar-refractivity contribution in [2.24, 2.45) is 0 Å². The van der Waals surface area contributed by atoms with Crippen LogP contribution in [-0.4, -0.2) is 29.1 Å². The number of carboxylic acids is 1. The van der Waals surface area contributed by atoms with Crippen LogP contribution >= 0.6 is 11.6 Å². The minimum absolute atomic E-state index is 0.148. The molecule has 1 aromatic heterocycles. The summed E-state index contributed by atoms with van der Waals surface area (Å²) < 4.78 is 0. The van der Waals surface area contributed by atoms with E-state index in [1.807, 2.05) is 0 Å². The van der Waals surface area contributed by atoms with Crippen molar-refractivity contribution in [3.63, 3.8) is 0 Å². The van der Waals surface area contributed by atoms with Gasteiger partial charge in [0.05, 0.1) is 27.5 Å². The Balaban J connectivity index is 2.05. The average Bonchev–Trinajstić information content (AvgIpc) is 2.61. The normalized spacial score (nSPS) is 14.2. The van der Waals surface area contributed by atoms with Crippen LogP contribution < -0.4 is 4.90 Å². The Kier molecular flexibility index (Phi) is 4.68. The Bertz CT molecular complexity index is 823. The lowest BCUT2D eigenvalue weighted by Gasteiger charge is -2.30. The summed E-state index contributed by atoms with van der Waals surface area (Å²) in [7, 11) is 0. The zero-order valence-corrected chi connectivity index (χ0v) is 13.8. The van der Waals surface area contributed by atoms with Crippen molar-refractivity contribution in [2.45, 2.75) is 19.3 Å². The second-order valence-electron chi connectivity index (χ2n) is 5.75. The summed E-state index contributed by atoms with van der Waals surface area (Å²) in [5.74, 6) is -1.02. The summed E-state index contributed by atoms with van der Waals surface area (Å²) >= 11 is 6.46. The van der Waals surface area contributed by atoms with Gasteiger partial charge in [-0.3, -0.25) is 4.98 Å². The van der Waals surface area contributed by atoms with E-state index in [0.29, 0.717) is 21.8 Å². The largest absolute Gasteiger partial charge is 0.478 e. The summed E-state index contributed by atoms with van der Waals surface area (Å²) in [6.07, 6.45) is 4.81. The predicted molar refractivity (Wildman–Crippen MR) is 92.4 cm³/mol. The zero-order chi connectivity index (χ0) is 17.1. The summed E-state index contributed by atoms with van der Waals surface area (Å²) in [6.45, 7) is 1.78. The molecule has 1 aliphatic rings. The topological polar surface area (TPSA) is 77.2 Å². The monoisotopic (exact) mass is 341 g/mol. The lowest BCUT2D eigenvalue weighted by atomic mass is 10.0. The molecule has 2 aromatic rings. The van der Waals surface area contributed by atoms with Gasteiger partial charge in [-0.05, 0) is 43.5 Å². The molecule has 1 aromatic carbocycles. The van der Waals surface area contributed by atoms with Gasteiger partial charge >= 0.3 is 5.97 Å². The number of hydrogen-bond donors (Lipinski definition) is 1. The summed E-state index contributed by atoms with van der Waals surface area (Å²) in [5, 5.41) is 19.1. The molecule has 6 heteroatoms. The maximum absolute atomic E-state index is 11.1. The van der Waals surface area contributed by atoms with Crippen molar-refractivity contribution in [1.82, 2.24) is 4.98 Å². The standard InChI is InChI=1S/C18H16ClN3O2/c19-15-9-13(16-10-12(18(23)24)4-5-21-16)8-14(11-20)17(15)22-6-2-1-3-7-22/h4-5,8-10H,1-3,6-7H2,(H,23,24). The number of anilines is 1. The Morgan fingerprint density at radius 1 is 1.25 bits per heavy atom. The first-order chi connectivity index (χ1) is 11.6. The Morgan fingerprint density at radius 2 is 2.00 bits per heavy atom. The number of halogens is 1. The number of benzene rings is 1. The number of piperidine rings is 1. The molecule has 122 valence electrons. The van der Waals surface area contributed by atoms with Gasteiger partial charge in [0.1, 0.15) is 6.07 Å². The average molecular weight is 342 g/mol. The molecule has 0 radical (unpaired) electrons. The van der Waals surface area contributed by atoms with Gasteiger partial charge in [0.15, 0.2) is 0 Å². The van der Waals surface area contributed by atoms with Crippen molar-refractivity contribution in [2.75, 3.05) is 18.0 Å². The van der Waals surface area contributed by atoms with E-state index in [2.05, 4.69) is 16.0 Å². The van der Waals surface area contributed by atoms with E-state index in [9.17, 15) is 10.1 Å². The quantitative estimate of drug-likeness (QED) is 0.914. The lowest BCUT2D eigenvalue weighted by molar-refractivity contribution is 0.0697. The third kappa shape index (κ3) is 3.19. The molecule has 0 atom stereocenters. The highest BCUT2D eigenvalue weighted by Gasteiger charge is 2.19. The molecule has 1 N–H and O–H groups in total. The molecular weight excluding hydrogens is 326 g/mol. The zero-order valence-electron chi connectivity index (χ0n) is 13.0. The second-order valence-corrected chi connectivity index (χ2v) is 6.16. The molecule has 24 heavy (non-hydrogen) atoms. The molecular formula is C18H16ClN3O2. The van der Waals surface area contributed by atoms with Crippen LogP contribution in [0.15, 0.2) is 30.5 Å². The first-order valence-corrected chi connectivity index (χ1v) is 8.16. The fourth-order valence-electron chi connectivity index (χ4n) is 2.99. The van der Waals surface area contributed by atoms with Gasteiger partial charge in [0.2, 0.25) is 0 Å². The third-order valence-corrected chi connectivity index (χ3v) is 4.45. The summed E-state index contributed by atoms with van der Waals surface area (Å²) in [5.41, 5.74) is 2.52. The molecule has 0 bridgehead atoms. The molecule has 3 rings (SSSR count). The van der Waals surface area contributed by atoms with E-state index in [-0.39, 0.29) is 5.56 Å². The highest BCUT2D eigenvalue weighted by Crippen LogP contribution is 2.35. The number of nitrogens with zero attached hydrogens (tertiary/aromatic N) is 3. The van der Waals surface area contributed by atoms with Crippen LogP contribution in [0.2, 0.25) is 5.02 Å². The molecule has 5 nitrogen and oxygen atoms in total. The Hall–Kier alpha value is -2.58. The first kappa shape index (κ1) is 16.3. The number of aromatic carboxylic acids is 1. The highest BCUT2D eigenvalue weighted by atomic mass is 35.5. The molecule has 1 aliphatic heterocycles. The molecule has 0 spiro atoms. The van der Waals surface area contributed by atoms with Gasteiger partial charge in [0.25, 0.3) is 0 Å². The number of carboxylic acid groups (broad SMARTS) is 1. The lowest BCUT2D eigenvalue weighted by Crippen LogP contribution is -2.30. The van der Waals surface area contributed by atoms with E-state index < -0.39 is 5.97 Å². The van der Waals surface area contributed by atoms with Gasteiger partial charge in [0, 0.05) is 24.8 Å². The van der Waals surface area contributed by atoms with Crippen LogP contribution in [0.5, 0.6) is 0 Å². The van der Waals surface area contributed by atoms with Gasteiger partial charge in [-0.25, -0.2) is 4.79 Å². The Labute approximate surface area is 145 Å². The molecule has 1 saturated heterocycles. The van der Waals surface area contributed by atoms with E-state index >= 15 is 0 Å². The van der Waals surface area contributed by atoms with Crippen molar-refractivity contribution in [1.29, 1.82) is 5.26 Å². The predicted octanol–water partition coefficient (Wildman–Crippen LogP) is 3.96. The van der Waals surface area contributed by atoms with Crippen LogP contribution in [0.25, 0.3) is 11.3 Å². The second kappa shape index (κ2) is 6.90. The maximum Gasteiger partial charge on any atom is 0.335 e. The van der Waals surface area contributed by atoms with Gasteiger partial charge < -0.3 is 10.0 Å². The van der Waals surface area contributed by atoms with Crippen molar-refractivity contribution >= 4 is 23.3 Å².